The largest absolute Gasteiger partial charge is 0.497 e. The number of amides is 1. The van der Waals surface area contributed by atoms with Crippen LogP contribution in [-0.2, 0) is 33.7 Å². The van der Waals surface area contributed by atoms with Gasteiger partial charge in [-0.2, -0.15) is 24.7 Å². The van der Waals surface area contributed by atoms with Crippen LogP contribution in [0.1, 0.15) is 90.6 Å². The molecule has 3 aliphatic heterocycles. The number of aliphatic hydroxyl groups is 3. The highest BCUT2D eigenvalue weighted by Crippen LogP contribution is 2.54. The first kappa shape index (κ1) is 57.2. The van der Waals surface area contributed by atoms with Crippen molar-refractivity contribution in [2.45, 2.75) is 135 Å². The molecule has 0 aliphatic carbocycles. The average molecular weight is 1080 g/mol. The summed E-state index contributed by atoms with van der Waals surface area (Å²) in [5.41, 5.74) is 1.18. The number of nitriles is 1. The number of aromatic nitrogens is 4. The van der Waals surface area contributed by atoms with E-state index >= 15 is 0 Å². The van der Waals surface area contributed by atoms with Gasteiger partial charge in [-0.05, 0) is 75.1 Å². The number of hydrogen-bond donors (Lipinski definition) is 5. The zero-order valence-corrected chi connectivity index (χ0v) is 45.9. The maximum absolute atomic E-state index is 13.5. The molecule has 2 aromatic heterocycles. The molecule has 5 heterocycles. The van der Waals surface area contributed by atoms with Crippen molar-refractivity contribution >= 4 is 44.0 Å². The van der Waals surface area contributed by atoms with Crippen LogP contribution in [0.5, 0.6) is 11.5 Å². The van der Waals surface area contributed by atoms with Gasteiger partial charge in [0, 0.05) is 30.4 Å². The van der Waals surface area contributed by atoms with Crippen LogP contribution in [-0.4, -0.2) is 141 Å². The molecule has 2 saturated heterocycles. The average Bonchev–Trinajstić information content (AvgIpc) is 4.30. The molecule has 5 aromatic rings. The molecule has 10 atom stereocenters. The molecule has 3 aliphatic rings. The fraction of sp³-hybridized carbons (Fsp3) is 0.491. The Labute approximate surface area is 451 Å². The van der Waals surface area contributed by atoms with Crippen LogP contribution in [0.2, 0.25) is 0 Å². The van der Waals surface area contributed by atoms with E-state index in [0.29, 0.717) is 17.9 Å². The van der Waals surface area contributed by atoms with Crippen LogP contribution in [0.15, 0.2) is 103 Å². The lowest BCUT2D eigenvalue weighted by molar-refractivity contribution is -0.141. The van der Waals surface area contributed by atoms with Crippen molar-refractivity contribution < 1.29 is 52.8 Å². The lowest BCUT2D eigenvalue weighted by Crippen LogP contribution is -2.65. The lowest BCUT2D eigenvalue weighted by Gasteiger charge is -2.40. The predicted molar refractivity (Wildman–Crippen MR) is 290 cm³/mol. The Morgan fingerprint density at radius 2 is 1.58 bits per heavy atom. The number of imidazole rings is 1. The van der Waals surface area contributed by atoms with E-state index in [9.17, 15) is 25.4 Å². The summed E-state index contributed by atoms with van der Waals surface area (Å²) < 4.78 is 49.6. The van der Waals surface area contributed by atoms with Gasteiger partial charge in [-0.25, -0.2) is 9.65 Å². The van der Waals surface area contributed by atoms with Gasteiger partial charge in [0.25, 0.3) is 14.3 Å². The van der Waals surface area contributed by atoms with Gasteiger partial charge in [-0.1, -0.05) is 75.4 Å². The molecule has 0 radical (unpaired) electrons. The maximum Gasteiger partial charge on any atom is 0.271 e. The Morgan fingerprint density at radius 3 is 2.13 bits per heavy atom. The number of hydrogen-bond acceptors (Lipinski definition) is 18. The first-order valence-corrected chi connectivity index (χ1v) is 27.2. The third-order valence-corrected chi connectivity index (χ3v) is 16.2. The molecule has 0 spiro atoms. The Balaban J connectivity index is 1.32. The van der Waals surface area contributed by atoms with Crippen LogP contribution >= 0.6 is 8.53 Å². The van der Waals surface area contributed by atoms with Crippen LogP contribution in [0.25, 0.3) is 0 Å². The monoisotopic (exact) mass is 1080 g/mol. The molecular weight excluding hydrogens is 1010 g/mol. The zero-order valence-electron chi connectivity index (χ0n) is 45.0. The minimum Gasteiger partial charge on any atom is -0.497 e. The molecule has 8 rings (SSSR count). The number of ether oxygens (including phenoxy) is 5. The fourth-order valence-corrected chi connectivity index (χ4v) is 11.9. The number of nitrogens with one attached hydrogen (secondary N) is 2. The van der Waals surface area contributed by atoms with Crippen molar-refractivity contribution in [1.29, 1.82) is 5.26 Å². The van der Waals surface area contributed by atoms with Gasteiger partial charge in [-0.3, -0.25) is 10.1 Å². The first-order chi connectivity index (χ1) is 37.1. The molecule has 77 heavy (non-hydrogen) atoms. The molecule has 1 amide bonds. The van der Waals surface area contributed by atoms with Crippen molar-refractivity contribution in [1.82, 2.24) is 28.7 Å². The van der Waals surface area contributed by atoms with E-state index in [4.69, 9.17) is 47.7 Å². The molecule has 3 aromatic carbocycles. The summed E-state index contributed by atoms with van der Waals surface area (Å²) in [6.45, 7) is 12.9. The van der Waals surface area contributed by atoms with Gasteiger partial charge < -0.3 is 57.9 Å². The summed E-state index contributed by atoms with van der Waals surface area (Å²) in [6, 6.07) is 26.9. The Morgan fingerprint density at radius 1 is 0.935 bits per heavy atom. The van der Waals surface area contributed by atoms with E-state index < -0.39 is 74.1 Å². The summed E-state index contributed by atoms with van der Waals surface area (Å²) in [5, 5.41) is 51.6. The molecule has 5 N–H and O–H groups in total. The normalized spacial score (nSPS) is 23.9. The zero-order chi connectivity index (χ0) is 55.0. The van der Waals surface area contributed by atoms with E-state index in [2.05, 4.69) is 26.4 Å². The molecule has 0 bridgehead atoms. The molecule has 21 nitrogen and oxygen atoms in total. The molecule has 3 unspecified atom stereocenters. The second kappa shape index (κ2) is 25.2. The fourth-order valence-electron chi connectivity index (χ4n) is 10.2. The summed E-state index contributed by atoms with van der Waals surface area (Å²) in [6.07, 6.45) is -1.67. The predicted octanol–water partition coefficient (Wildman–Crippen LogP) is 7.51. The molecule has 412 valence electrons. The van der Waals surface area contributed by atoms with Crippen molar-refractivity contribution in [3.05, 3.63) is 114 Å². The summed E-state index contributed by atoms with van der Waals surface area (Å²) >= 11 is 0. The van der Waals surface area contributed by atoms with Crippen LogP contribution in [0, 0.1) is 17.2 Å². The van der Waals surface area contributed by atoms with Gasteiger partial charge >= 0.3 is 0 Å². The topological polar surface area (TPSA) is 249 Å². The number of nitrogens with zero attached hydrogens (tertiary/aromatic N) is 8. The number of quaternary nitrogens is 1. The number of fused-ring (bicyclic) bond motifs is 1. The first-order valence-electron chi connectivity index (χ1n) is 26.1. The third-order valence-electron chi connectivity index (χ3n) is 14.0. The minimum absolute atomic E-state index is 0.0459. The number of rotatable bonds is 25. The highest BCUT2D eigenvalue weighted by Gasteiger charge is 2.65. The maximum atomic E-state index is 13.5. The van der Waals surface area contributed by atoms with Crippen molar-refractivity contribution in [3.63, 3.8) is 0 Å². The van der Waals surface area contributed by atoms with E-state index in [1.807, 2.05) is 124 Å². The summed E-state index contributed by atoms with van der Waals surface area (Å²) in [7, 11) is 1.19. The second-order valence-corrected chi connectivity index (χ2v) is 21.4. The number of carbonyl (C=O) groups is 1. The number of benzene rings is 3. The number of anilines is 2. The Kier molecular flexibility index (Phi) is 18.7. The smallest absolute Gasteiger partial charge is 0.271 e. The second-order valence-electron chi connectivity index (χ2n) is 20.0. The molecule has 22 heteroatoms. The molecule has 2 fully saturated rings. The summed E-state index contributed by atoms with van der Waals surface area (Å²) in [5.74, 6) is 0.806. The molecular formula is C55H72N10O11P+. The van der Waals surface area contributed by atoms with Gasteiger partial charge in [0.1, 0.15) is 41.6 Å². The standard InChI is InChI=1S/C55H71N10O11P/c1-10-45(63-27-26-57-32-63)59-50-47-51(61-54(60-50)62-52(69)34(2)3)65(33-58-47,46-29-42(67)43(30-66)74-46)53-48(68)49(76-77(73-28-14-25-56)64(35(4)5)36(6)7)44(75-53)31-72-55(37-15-12-11-13-16-37,38-17-21-40(70-8)22-18-38)39-19-23-41(71-9)24-20-39/h11-13,15-24,26-27,32-36,42-46,48-49,53,66-68H,10,14,28-31H2,1-9H3,(H-,59,60,61,62,69)/p+1/t42-,43+,44+,45?,46-,48+,49+,53+,65?,77?/m0/s1. The van der Waals surface area contributed by atoms with Gasteiger partial charge in [-0.15, -0.1) is 0 Å². The van der Waals surface area contributed by atoms with Crippen molar-refractivity contribution in [2.75, 3.05) is 44.7 Å². The van der Waals surface area contributed by atoms with Gasteiger partial charge in [0.15, 0.2) is 17.6 Å². The highest BCUT2D eigenvalue weighted by molar-refractivity contribution is 7.44. The molecule has 0 saturated carbocycles. The van der Waals surface area contributed by atoms with E-state index in [1.54, 1.807) is 46.9 Å². The Hall–Kier alpha value is -5.99. The third kappa shape index (κ3) is 11.7. The minimum atomic E-state index is -2.02. The van der Waals surface area contributed by atoms with Crippen molar-refractivity contribution in [2.24, 2.45) is 10.9 Å². The van der Waals surface area contributed by atoms with E-state index in [0.717, 1.165) is 16.7 Å². The lowest BCUT2D eigenvalue weighted by atomic mass is 9.80. The van der Waals surface area contributed by atoms with Crippen LogP contribution in [0.3, 0.4) is 0 Å². The number of carbonyl (C=O) groups excluding carboxylic acids is 1. The van der Waals surface area contributed by atoms with Gasteiger partial charge in [0.05, 0.1) is 65.4 Å². The van der Waals surface area contributed by atoms with E-state index in [-0.39, 0.29) is 73.5 Å². The number of aliphatic hydroxyl groups excluding tert-OH is 3. The quantitative estimate of drug-likeness (QED) is 0.0164. The van der Waals surface area contributed by atoms with Crippen LogP contribution < -0.4 is 24.6 Å². The van der Waals surface area contributed by atoms with E-state index in [1.165, 1.54) is 0 Å². The summed E-state index contributed by atoms with van der Waals surface area (Å²) in [4.78, 5) is 32.6. The van der Waals surface area contributed by atoms with Gasteiger partial charge in [0.2, 0.25) is 30.6 Å². The highest BCUT2D eigenvalue weighted by atomic mass is 31.2. The Bertz CT molecular complexity index is 2730. The number of aliphatic imine (C=N–C) groups is 1. The SMILES string of the molecule is CCC(Nc1nc(NC(=O)C(C)C)nc2c1N=C[N+]2([C@@H]1C[C@H](O)[C@@H](CO)O1)[C@@H]1O[C@H](COC(c2ccccc2)(c2ccc(OC)cc2)c2ccc(OC)cc2)[C@@H](OP(OCCC#N)N(C(C)C)C(C)C)[C@H]1O)n1ccnc1. The number of methoxy groups -OCH3 is 2. The van der Waals surface area contributed by atoms with Crippen LogP contribution in [0.4, 0.5) is 23.3 Å². The van der Waals surface area contributed by atoms with Crippen molar-refractivity contribution in [3.8, 4) is 17.6 Å².